The Bertz CT molecular complexity index is 638. The Morgan fingerprint density at radius 2 is 1.81 bits per heavy atom. The fourth-order valence-electron chi connectivity index (χ4n) is 2.67. The molecule has 0 aromatic carbocycles. The first-order chi connectivity index (χ1) is 9.61. The summed E-state index contributed by atoms with van der Waals surface area (Å²) in [4.78, 5) is 14.4. The Hall–Kier alpha value is -1.34. The zero-order valence-electron chi connectivity index (χ0n) is 12.9. The molecule has 0 saturated carbocycles. The highest BCUT2D eigenvalue weighted by molar-refractivity contribution is 7.89. The SMILES string of the molecule is CC1CN(C(=O)c2cc(S(N)(=O)=O)cn2C(C)C)CC1C. The van der Waals surface area contributed by atoms with Crippen LogP contribution in [0.3, 0.4) is 0 Å². The van der Waals surface area contributed by atoms with E-state index in [0.717, 1.165) is 0 Å². The summed E-state index contributed by atoms with van der Waals surface area (Å²) in [5.41, 5.74) is 0.385. The van der Waals surface area contributed by atoms with Gasteiger partial charge in [0.1, 0.15) is 10.6 Å². The third-order valence-corrected chi connectivity index (χ3v) is 5.08. The maximum absolute atomic E-state index is 12.7. The van der Waals surface area contributed by atoms with Crippen molar-refractivity contribution >= 4 is 15.9 Å². The summed E-state index contributed by atoms with van der Waals surface area (Å²) in [7, 11) is -3.81. The number of sulfonamides is 1. The number of hydrogen-bond acceptors (Lipinski definition) is 3. The smallest absolute Gasteiger partial charge is 0.270 e. The van der Waals surface area contributed by atoms with Gasteiger partial charge in [-0.25, -0.2) is 13.6 Å². The van der Waals surface area contributed by atoms with E-state index in [4.69, 9.17) is 5.14 Å². The second kappa shape index (κ2) is 5.46. The monoisotopic (exact) mass is 313 g/mol. The van der Waals surface area contributed by atoms with Gasteiger partial charge in [-0.15, -0.1) is 0 Å². The number of nitrogens with zero attached hydrogens (tertiary/aromatic N) is 2. The summed E-state index contributed by atoms with van der Waals surface area (Å²) in [5, 5.41) is 5.17. The van der Waals surface area contributed by atoms with Crippen LogP contribution in [0, 0.1) is 11.8 Å². The van der Waals surface area contributed by atoms with Crippen LogP contribution in [-0.2, 0) is 10.0 Å². The van der Waals surface area contributed by atoms with Crippen molar-refractivity contribution in [3.8, 4) is 0 Å². The fourth-order valence-corrected chi connectivity index (χ4v) is 3.20. The number of aromatic nitrogens is 1. The molecule has 2 N–H and O–H groups in total. The van der Waals surface area contributed by atoms with E-state index in [9.17, 15) is 13.2 Å². The van der Waals surface area contributed by atoms with Gasteiger partial charge in [0.05, 0.1) is 0 Å². The van der Waals surface area contributed by atoms with E-state index in [2.05, 4.69) is 13.8 Å². The van der Waals surface area contributed by atoms with Gasteiger partial charge in [0.2, 0.25) is 10.0 Å². The molecule has 7 heteroatoms. The van der Waals surface area contributed by atoms with Crippen LogP contribution in [0.5, 0.6) is 0 Å². The summed E-state index contributed by atoms with van der Waals surface area (Å²) in [6, 6.07) is 1.36. The number of amides is 1. The molecular weight excluding hydrogens is 290 g/mol. The number of likely N-dealkylation sites (tertiary alicyclic amines) is 1. The Morgan fingerprint density at radius 3 is 2.24 bits per heavy atom. The highest BCUT2D eigenvalue weighted by atomic mass is 32.2. The number of carbonyl (C=O) groups excluding carboxylic acids is 1. The lowest BCUT2D eigenvalue weighted by atomic mass is 10.0. The van der Waals surface area contributed by atoms with E-state index in [1.54, 1.807) is 9.47 Å². The molecule has 0 aliphatic carbocycles. The van der Waals surface area contributed by atoms with Crippen LogP contribution in [-0.4, -0.2) is 36.9 Å². The number of primary sulfonamides is 1. The van der Waals surface area contributed by atoms with Gasteiger partial charge in [-0.1, -0.05) is 13.8 Å². The molecule has 1 fully saturated rings. The molecule has 1 aromatic rings. The lowest BCUT2D eigenvalue weighted by Crippen LogP contribution is -2.30. The third kappa shape index (κ3) is 3.13. The normalized spacial score (nSPS) is 23.0. The van der Waals surface area contributed by atoms with Crippen molar-refractivity contribution in [3.05, 3.63) is 18.0 Å². The quantitative estimate of drug-likeness (QED) is 0.916. The van der Waals surface area contributed by atoms with E-state index in [0.29, 0.717) is 30.6 Å². The van der Waals surface area contributed by atoms with Gasteiger partial charge in [0.15, 0.2) is 0 Å². The van der Waals surface area contributed by atoms with Crippen LogP contribution in [0.1, 0.15) is 44.2 Å². The van der Waals surface area contributed by atoms with Crippen molar-refractivity contribution in [2.45, 2.75) is 38.6 Å². The minimum atomic E-state index is -3.81. The molecule has 2 rings (SSSR count). The van der Waals surface area contributed by atoms with E-state index >= 15 is 0 Å². The van der Waals surface area contributed by atoms with Crippen molar-refractivity contribution in [2.75, 3.05) is 13.1 Å². The average molecular weight is 313 g/mol. The van der Waals surface area contributed by atoms with Gasteiger partial charge in [-0.05, 0) is 31.7 Å². The van der Waals surface area contributed by atoms with Gasteiger partial charge in [0.25, 0.3) is 5.91 Å². The highest BCUT2D eigenvalue weighted by Gasteiger charge is 2.32. The molecule has 2 heterocycles. The maximum atomic E-state index is 12.7. The van der Waals surface area contributed by atoms with Crippen molar-refractivity contribution < 1.29 is 13.2 Å². The fraction of sp³-hybridized carbons (Fsp3) is 0.643. The lowest BCUT2D eigenvalue weighted by molar-refractivity contribution is 0.0772. The van der Waals surface area contributed by atoms with Gasteiger partial charge >= 0.3 is 0 Å². The molecule has 1 saturated heterocycles. The minimum Gasteiger partial charge on any atom is -0.340 e. The molecule has 0 radical (unpaired) electrons. The predicted molar refractivity (Wildman–Crippen MR) is 80.4 cm³/mol. The Labute approximate surface area is 126 Å². The van der Waals surface area contributed by atoms with Gasteiger partial charge in [0, 0.05) is 25.3 Å². The van der Waals surface area contributed by atoms with Gasteiger partial charge in [-0.3, -0.25) is 4.79 Å². The van der Waals surface area contributed by atoms with E-state index in [1.807, 2.05) is 13.8 Å². The molecule has 1 amide bonds. The van der Waals surface area contributed by atoms with Crippen LogP contribution in [0.4, 0.5) is 0 Å². The number of hydrogen-bond donors (Lipinski definition) is 1. The first-order valence-electron chi connectivity index (χ1n) is 7.15. The zero-order valence-corrected chi connectivity index (χ0v) is 13.7. The second-order valence-corrected chi connectivity index (χ2v) is 7.83. The summed E-state index contributed by atoms with van der Waals surface area (Å²) < 4.78 is 24.7. The molecular formula is C14H23N3O3S. The molecule has 2 atom stereocenters. The number of nitrogens with two attached hydrogens (primary N) is 1. The summed E-state index contributed by atoms with van der Waals surface area (Å²) in [6.45, 7) is 9.45. The Morgan fingerprint density at radius 1 is 1.29 bits per heavy atom. The summed E-state index contributed by atoms with van der Waals surface area (Å²) >= 11 is 0. The molecule has 1 aromatic heterocycles. The molecule has 1 aliphatic heterocycles. The zero-order chi connectivity index (χ0) is 15.9. The van der Waals surface area contributed by atoms with Crippen LogP contribution in [0.25, 0.3) is 0 Å². The Kier molecular flexibility index (Phi) is 4.17. The topological polar surface area (TPSA) is 85.4 Å². The first-order valence-corrected chi connectivity index (χ1v) is 8.69. The number of carbonyl (C=O) groups is 1. The van der Waals surface area contributed by atoms with E-state index < -0.39 is 10.0 Å². The third-order valence-electron chi connectivity index (χ3n) is 4.20. The standard InChI is InChI=1S/C14H23N3O3S/c1-9(2)17-8-12(21(15,19)20)5-13(17)14(18)16-6-10(3)11(4)7-16/h5,8-11H,6-7H2,1-4H3,(H2,15,19,20). The lowest BCUT2D eigenvalue weighted by Gasteiger charge is -2.19. The maximum Gasteiger partial charge on any atom is 0.270 e. The van der Waals surface area contributed by atoms with Crippen molar-refractivity contribution in [2.24, 2.45) is 17.0 Å². The van der Waals surface area contributed by atoms with Gasteiger partial charge in [-0.2, -0.15) is 0 Å². The molecule has 0 bridgehead atoms. The number of rotatable bonds is 3. The molecule has 1 aliphatic rings. The van der Waals surface area contributed by atoms with E-state index in [1.165, 1.54) is 12.3 Å². The Balaban J connectivity index is 2.39. The van der Waals surface area contributed by atoms with Crippen LogP contribution in [0.15, 0.2) is 17.2 Å². The van der Waals surface area contributed by atoms with Crippen molar-refractivity contribution in [1.82, 2.24) is 9.47 Å². The van der Waals surface area contributed by atoms with Crippen LogP contribution < -0.4 is 5.14 Å². The molecule has 6 nitrogen and oxygen atoms in total. The highest BCUT2D eigenvalue weighted by Crippen LogP contribution is 2.26. The molecule has 0 spiro atoms. The predicted octanol–water partition coefficient (Wildman–Crippen LogP) is 1.44. The summed E-state index contributed by atoms with van der Waals surface area (Å²) in [6.07, 6.45) is 1.44. The molecule has 2 unspecified atom stereocenters. The average Bonchev–Trinajstić information content (AvgIpc) is 2.93. The minimum absolute atomic E-state index is 0.0140. The molecule has 21 heavy (non-hydrogen) atoms. The first kappa shape index (κ1) is 16.0. The largest absolute Gasteiger partial charge is 0.340 e. The second-order valence-electron chi connectivity index (χ2n) is 6.27. The van der Waals surface area contributed by atoms with Crippen LogP contribution in [0.2, 0.25) is 0 Å². The van der Waals surface area contributed by atoms with Crippen molar-refractivity contribution in [3.63, 3.8) is 0 Å². The van der Waals surface area contributed by atoms with Gasteiger partial charge < -0.3 is 9.47 Å². The molecule has 118 valence electrons. The van der Waals surface area contributed by atoms with Crippen molar-refractivity contribution in [1.29, 1.82) is 0 Å². The van der Waals surface area contributed by atoms with E-state index in [-0.39, 0.29) is 16.8 Å². The van der Waals surface area contributed by atoms with Crippen LogP contribution >= 0.6 is 0 Å². The summed E-state index contributed by atoms with van der Waals surface area (Å²) in [5.74, 6) is 0.776.